The molecule has 0 aliphatic rings. The van der Waals surface area contributed by atoms with E-state index in [-0.39, 0.29) is 18.8 Å². The highest BCUT2D eigenvalue weighted by molar-refractivity contribution is 6.30. The summed E-state index contributed by atoms with van der Waals surface area (Å²) < 4.78 is 0. The van der Waals surface area contributed by atoms with Gasteiger partial charge in [-0.25, -0.2) is 4.79 Å². The zero-order chi connectivity index (χ0) is 17.5. The first-order chi connectivity index (χ1) is 11.5. The Kier molecular flexibility index (Phi) is 6.11. The van der Waals surface area contributed by atoms with E-state index in [9.17, 15) is 20.0 Å². The van der Waals surface area contributed by atoms with Gasteiger partial charge in [0, 0.05) is 23.2 Å². The molecule has 2 rings (SSSR count). The summed E-state index contributed by atoms with van der Waals surface area (Å²) in [4.78, 5) is 22.2. The van der Waals surface area contributed by atoms with Crippen molar-refractivity contribution in [3.63, 3.8) is 0 Å². The van der Waals surface area contributed by atoms with Gasteiger partial charge >= 0.3 is 6.03 Å². The third-order valence-corrected chi connectivity index (χ3v) is 3.59. The van der Waals surface area contributed by atoms with Crippen LogP contribution in [0.25, 0.3) is 0 Å². The number of aliphatic hydroxyl groups excluding tert-OH is 1. The van der Waals surface area contributed by atoms with Gasteiger partial charge in [0.15, 0.2) is 0 Å². The third-order valence-electron chi connectivity index (χ3n) is 3.34. The Hall–Kier alpha value is -2.64. The van der Waals surface area contributed by atoms with E-state index in [1.807, 2.05) is 0 Å². The lowest BCUT2D eigenvalue weighted by molar-refractivity contribution is -0.385. The highest BCUT2D eigenvalue weighted by Crippen LogP contribution is 2.17. The highest BCUT2D eigenvalue weighted by Gasteiger charge is 2.13. The smallest absolute Gasteiger partial charge is 0.315 e. The van der Waals surface area contributed by atoms with E-state index in [1.54, 1.807) is 42.5 Å². The number of urea groups is 1. The molecule has 0 bridgehead atoms. The second-order valence-corrected chi connectivity index (χ2v) is 5.45. The van der Waals surface area contributed by atoms with Gasteiger partial charge in [0.2, 0.25) is 0 Å². The topological polar surface area (TPSA) is 104 Å². The molecule has 3 N–H and O–H groups in total. The van der Waals surface area contributed by atoms with Crippen molar-refractivity contribution >= 4 is 23.3 Å². The van der Waals surface area contributed by atoms with Crippen molar-refractivity contribution in [3.05, 3.63) is 74.8 Å². The van der Waals surface area contributed by atoms with Crippen molar-refractivity contribution in [2.75, 3.05) is 6.54 Å². The molecule has 0 heterocycles. The molecule has 24 heavy (non-hydrogen) atoms. The minimum absolute atomic E-state index is 0.00431. The predicted molar refractivity (Wildman–Crippen MR) is 89.7 cm³/mol. The molecule has 2 aromatic rings. The Morgan fingerprint density at radius 3 is 2.50 bits per heavy atom. The van der Waals surface area contributed by atoms with Gasteiger partial charge in [0.05, 0.1) is 17.6 Å². The second kappa shape index (κ2) is 8.28. The molecular formula is C16H16ClN3O4. The van der Waals surface area contributed by atoms with Crippen LogP contribution in [0, 0.1) is 10.1 Å². The van der Waals surface area contributed by atoms with Crippen molar-refractivity contribution in [1.82, 2.24) is 10.6 Å². The molecule has 0 fully saturated rings. The summed E-state index contributed by atoms with van der Waals surface area (Å²) in [6.45, 7) is 0.0182. The van der Waals surface area contributed by atoms with E-state index in [0.717, 1.165) is 0 Å². The van der Waals surface area contributed by atoms with Crippen LogP contribution >= 0.6 is 11.6 Å². The molecule has 1 unspecified atom stereocenters. The number of rotatable bonds is 6. The summed E-state index contributed by atoms with van der Waals surface area (Å²) >= 11 is 5.77. The molecule has 2 aromatic carbocycles. The number of hydrogen-bond acceptors (Lipinski definition) is 4. The molecule has 0 aromatic heterocycles. The van der Waals surface area contributed by atoms with E-state index in [2.05, 4.69) is 10.6 Å². The standard InChI is InChI=1S/C16H16ClN3O4/c17-13-7-5-11(6-8-13)15(21)10-19-16(22)18-9-12-3-1-2-4-14(12)20(23)24/h1-8,15,21H,9-10H2,(H2,18,19,22). The number of nitrogens with zero attached hydrogens (tertiary/aromatic N) is 1. The normalized spacial score (nSPS) is 11.6. The lowest BCUT2D eigenvalue weighted by Gasteiger charge is -2.13. The molecule has 126 valence electrons. The molecule has 0 spiro atoms. The van der Waals surface area contributed by atoms with E-state index in [4.69, 9.17) is 11.6 Å². The van der Waals surface area contributed by atoms with Crippen LogP contribution in [0.5, 0.6) is 0 Å². The van der Waals surface area contributed by atoms with Crippen LogP contribution in [-0.4, -0.2) is 22.6 Å². The van der Waals surface area contributed by atoms with Crippen molar-refractivity contribution < 1.29 is 14.8 Å². The molecule has 7 nitrogen and oxygen atoms in total. The number of carbonyl (C=O) groups is 1. The lowest BCUT2D eigenvalue weighted by atomic mass is 10.1. The van der Waals surface area contributed by atoms with Gasteiger partial charge < -0.3 is 15.7 Å². The molecule has 2 amide bonds. The van der Waals surface area contributed by atoms with Crippen LogP contribution in [0.4, 0.5) is 10.5 Å². The Morgan fingerprint density at radius 1 is 1.17 bits per heavy atom. The summed E-state index contributed by atoms with van der Waals surface area (Å²) in [5, 5.41) is 26.5. The van der Waals surface area contributed by atoms with Crippen molar-refractivity contribution in [1.29, 1.82) is 0 Å². The van der Waals surface area contributed by atoms with Crippen LogP contribution in [0.3, 0.4) is 0 Å². The fourth-order valence-corrected chi connectivity index (χ4v) is 2.19. The van der Waals surface area contributed by atoms with Gasteiger partial charge in [-0.1, -0.05) is 41.9 Å². The number of para-hydroxylation sites is 1. The number of carbonyl (C=O) groups excluding carboxylic acids is 1. The summed E-state index contributed by atoms with van der Waals surface area (Å²) in [6, 6.07) is 12.3. The molecule has 0 radical (unpaired) electrons. The monoisotopic (exact) mass is 349 g/mol. The average Bonchev–Trinajstić information content (AvgIpc) is 2.58. The van der Waals surface area contributed by atoms with Gasteiger partial charge in [-0.15, -0.1) is 0 Å². The highest BCUT2D eigenvalue weighted by atomic mass is 35.5. The maximum atomic E-state index is 11.8. The number of aliphatic hydroxyl groups is 1. The second-order valence-electron chi connectivity index (χ2n) is 5.02. The first-order valence-corrected chi connectivity index (χ1v) is 7.52. The van der Waals surface area contributed by atoms with E-state index in [0.29, 0.717) is 16.1 Å². The SMILES string of the molecule is O=C(NCc1ccccc1[N+](=O)[O-])NCC(O)c1ccc(Cl)cc1. The fourth-order valence-electron chi connectivity index (χ4n) is 2.07. The van der Waals surface area contributed by atoms with Gasteiger partial charge in [-0.05, 0) is 17.7 Å². The van der Waals surface area contributed by atoms with E-state index >= 15 is 0 Å². The number of benzene rings is 2. The third kappa shape index (κ3) is 4.94. The summed E-state index contributed by atoms with van der Waals surface area (Å²) in [6.07, 6.45) is -0.876. The number of amides is 2. The molecule has 0 aliphatic heterocycles. The van der Waals surface area contributed by atoms with E-state index < -0.39 is 17.1 Å². The van der Waals surface area contributed by atoms with Crippen LogP contribution in [-0.2, 0) is 6.54 Å². The molecule has 0 saturated carbocycles. The molecule has 0 aliphatic carbocycles. The number of hydrogen-bond donors (Lipinski definition) is 3. The molecule has 0 saturated heterocycles. The quantitative estimate of drug-likeness (QED) is 0.551. The Bertz CT molecular complexity index is 722. The zero-order valence-corrected chi connectivity index (χ0v) is 13.4. The predicted octanol–water partition coefficient (Wildman–Crippen LogP) is 2.78. The maximum Gasteiger partial charge on any atom is 0.315 e. The van der Waals surface area contributed by atoms with Crippen molar-refractivity contribution in [2.24, 2.45) is 0 Å². The number of nitrogens with one attached hydrogen (secondary N) is 2. The van der Waals surface area contributed by atoms with Crippen molar-refractivity contribution in [3.8, 4) is 0 Å². The number of nitro groups is 1. The Morgan fingerprint density at radius 2 is 1.83 bits per heavy atom. The van der Waals surface area contributed by atoms with Crippen LogP contribution < -0.4 is 10.6 Å². The maximum absolute atomic E-state index is 11.8. The van der Waals surface area contributed by atoms with E-state index in [1.165, 1.54) is 6.07 Å². The van der Waals surface area contributed by atoms with Gasteiger partial charge in [-0.3, -0.25) is 10.1 Å². The minimum Gasteiger partial charge on any atom is -0.387 e. The summed E-state index contributed by atoms with van der Waals surface area (Å²) in [5.74, 6) is 0. The molecule has 8 heteroatoms. The summed E-state index contributed by atoms with van der Waals surface area (Å²) in [7, 11) is 0. The average molecular weight is 350 g/mol. The van der Waals surface area contributed by atoms with Crippen LogP contribution in [0.1, 0.15) is 17.2 Å². The van der Waals surface area contributed by atoms with Crippen LogP contribution in [0.15, 0.2) is 48.5 Å². The first-order valence-electron chi connectivity index (χ1n) is 7.15. The molecule has 1 atom stereocenters. The van der Waals surface area contributed by atoms with Gasteiger partial charge in [-0.2, -0.15) is 0 Å². The Labute approximate surface area is 143 Å². The number of nitro benzene ring substituents is 1. The molecular weight excluding hydrogens is 334 g/mol. The van der Waals surface area contributed by atoms with Crippen LogP contribution in [0.2, 0.25) is 5.02 Å². The summed E-state index contributed by atoms with van der Waals surface area (Å²) in [5.41, 5.74) is 0.966. The lowest BCUT2D eigenvalue weighted by Crippen LogP contribution is -2.37. The number of halogens is 1. The first kappa shape index (κ1) is 17.7. The minimum atomic E-state index is -0.876. The largest absolute Gasteiger partial charge is 0.387 e. The zero-order valence-electron chi connectivity index (χ0n) is 12.6. The van der Waals surface area contributed by atoms with Gasteiger partial charge in [0.1, 0.15) is 0 Å². The fraction of sp³-hybridized carbons (Fsp3) is 0.188. The van der Waals surface area contributed by atoms with Crippen molar-refractivity contribution in [2.45, 2.75) is 12.6 Å². The van der Waals surface area contributed by atoms with Gasteiger partial charge in [0.25, 0.3) is 5.69 Å². The Balaban J connectivity index is 1.83.